The van der Waals surface area contributed by atoms with Gasteiger partial charge in [-0.2, -0.15) is 0 Å². The zero-order valence-corrected chi connectivity index (χ0v) is 9.55. The van der Waals surface area contributed by atoms with Gasteiger partial charge in [0.1, 0.15) is 0 Å². The van der Waals surface area contributed by atoms with Crippen molar-refractivity contribution in [2.45, 2.75) is 0 Å². The van der Waals surface area contributed by atoms with E-state index < -0.39 is 0 Å². The van der Waals surface area contributed by atoms with Crippen molar-refractivity contribution in [3.8, 4) is 0 Å². The molecule has 0 atom stereocenters. The number of pyridine rings is 1. The Morgan fingerprint density at radius 1 is 1.00 bits per heavy atom. The summed E-state index contributed by atoms with van der Waals surface area (Å²) < 4.78 is 1.06. The topological polar surface area (TPSA) is 25.2 Å². The minimum absolute atomic E-state index is 0.940. The van der Waals surface area contributed by atoms with Gasteiger partial charge in [-0.25, -0.2) is 0 Å². The van der Waals surface area contributed by atoms with E-state index in [1.54, 1.807) is 12.4 Å². The van der Waals surface area contributed by atoms with Crippen LogP contribution in [0.3, 0.4) is 0 Å². The molecule has 15 heavy (non-hydrogen) atoms. The quantitative estimate of drug-likeness (QED) is 0.758. The van der Waals surface area contributed by atoms with E-state index in [1.807, 2.05) is 42.6 Å². The molecule has 0 saturated heterocycles. The fourth-order valence-corrected chi connectivity index (χ4v) is 1.39. The molecule has 74 valence electrons. The lowest BCUT2D eigenvalue weighted by Crippen LogP contribution is -1.79. The highest BCUT2D eigenvalue weighted by atomic mass is 79.9. The number of halogens is 1. The van der Waals surface area contributed by atoms with Crippen molar-refractivity contribution in [2.24, 2.45) is 4.99 Å². The van der Waals surface area contributed by atoms with E-state index in [2.05, 4.69) is 25.9 Å². The first-order valence-electron chi connectivity index (χ1n) is 4.54. The monoisotopic (exact) mass is 260 g/mol. The first-order valence-corrected chi connectivity index (χ1v) is 5.33. The molecule has 0 aliphatic heterocycles. The predicted molar refractivity (Wildman–Crippen MR) is 65.6 cm³/mol. The summed E-state index contributed by atoms with van der Waals surface area (Å²) in [6.07, 6.45) is 5.33. The smallest absolute Gasteiger partial charge is 0.0630 e. The number of nitrogens with zero attached hydrogens (tertiary/aromatic N) is 2. The van der Waals surface area contributed by atoms with Crippen LogP contribution >= 0.6 is 15.9 Å². The van der Waals surface area contributed by atoms with Gasteiger partial charge >= 0.3 is 0 Å². The van der Waals surface area contributed by atoms with Crippen LogP contribution in [0.25, 0.3) is 0 Å². The summed E-state index contributed by atoms with van der Waals surface area (Å²) in [7, 11) is 0. The second kappa shape index (κ2) is 4.84. The summed E-state index contributed by atoms with van der Waals surface area (Å²) in [5.74, 6) is 0. The third-order valence-corrected chi connectivity index (χ3v) is 2.42. The average molecular weight is 261 g/mol. The van der Waals surface area contributed by atoms with Crippen molar-refractivity contribution in [3.63, 3.8) is 0 Å². The number of rotatable bonds is 2. The molecule has 0 spiro atoms. The van der Waals surface area contributed by atoms with Gasteiger partial charge in [-0.1, -0.05) is 15.9 Å². The SMILES string of the molecule is Brc1ccc(N=Cc2ccncc2)cc1. The number of hydrogen-bond acceptors (Lipinski definition) is 2. The number of benzene rings is 1. The molecule has 2 nitrogen and oxygen atoms in total. The Morgan fingerprint density at radius 3 is 2.33 bits per heavy atom. The Morgan fingerprint density at radius 2 is 1.67 bits per heavy atom. The molecule has 0 amide bonds. The minimum Gasteiger partial charge on any atom is -0.265 e. The van der Waals surface area contributed by atoms with Crippen LogP contribution in [0.5, 0.6) is 0 Å². The van der Waals surface area contributed by atoms with Gasteiger partial charge in [0, 0.05) is 23.1 Å². The first-order chi connectivity index (χ1) is 7.34. The summed E-state index contributed by atoms with van der Waals surface area (Å²) in [6, 6.07) is 11.7. The van der Waals surface area contributed by atoms with Crippen molar-refractivity contribution in [1.82, 2.24) is 4.98 Å². The third-order valence-electron chi connectivity index (χ3n) is 1.90. The Hall–Kier alpha value is -1.48. The summed E-state index contributed by atoms with van der Waals surface area (Å²) in [6.45, 7) is 0. The van der Waals surface area contributed by atoms with Crippen LogP contribution in [-0.2, 0) is 0 Å². The highest BCUT2D eigenvalue weighted by Gasteiger charge is 1.89. The molecule has 0 unspecified atom stereocenters. The van der Waals surface area contributed by atoms with Crippen LogP contribution in [0.1, 0.15) is 5.56 Å². The van der Waals surface area contributed by atoms with Gasteiger partial charge in [-0.05, 0) is 42.0 Å². The van der Waals surface area contributed by atoms with E-state index in [1.165, 1.54) is 0 Å². The molecular weight excluding hydrogens is 252 g/mol. The van der Waals surface area contributed by atoms with E-state index in [4.69, 9.17) is 0 Å². The minimum atomic E-state index is 0.940. The lowest BCUT2D eigenvalue weighted by atomic mass is 10.3. The largest absolute Gasteiger partial charge is 0.265 e. The molecule has 0 N–H and O–H groups in total. The van der Waals surface area contributed by atoms with Crippen molar-refractivity contribution >= 4 is 27.8 Å². The molecule has 0 aliphatic carbocycles. The molecule has 3 heteroatoms. The van der Waals surface area contributed by atoms with Gasteiger partial charge in [-0.15, -0.1) is 0 Å². The van der Waals surface area contributed by atoms with Gasteiger partial charge in [0.2, 0.25) is 0 Å². The maximum atomic E-state index is 4.34. The molecule has 0 bridgehead atoms. The fourth-order valence-electron chi connectivity index (χ4n) is 1.13. The number of aromatic nitrogens is 1. The van der Waals surface area contributed by atoms with Crippen molar-refractivity contribution in [3.05, 3.63) is 58.8 Å². The maximum Gasteiger partial charge on any atom is 0.0630 e. The molecule has 2 rings (SSSR count). The molecule has 0 saturated carbocycles. The summed E-state index contributed by atoms with van der Waals surface area (Å²) in [5, 5.41) is 0. The second-order valence-corrected chi connectivity index (χ2v) is 3.93. The van der Waals surface area contributed by atoms with Crippen molar-refractivity contribution < 1.29 is 0 Å². The van der Waals surface area contributed by atoms with Gasteiger partial charge in [0.15, 0.2) is 0 Å². The van der Waals surface area contributed by atoms with E-state index in [9.17, 15) is 0 Å². The average Bonchev–Trinajstić information content (AvgIpc) is 2.30. The standard InChI is InChI=1S/C12H9BrN2/c13-11-1-3-12(4-2-11)15-9-10-5-7-14-8-6-10/h1-9H. The van der Waals surface area contributed by atoms with Gasteiger partial charge in [-0.3, -0.25) is 9.98 Å². The Balaban J connectivity index is 2.15. The fraction of sp³-hybridized carbons (Fsp3) is 0. The van der Waals surface area contributed by atoms with E-state index in [0.29, 0.717) is 0 Å². The summed E-state index contributed by atoms with van der Waals surface area (Å²) >= 11 is 3.38. The molecule has 1 aromatic carbocycles. The summed E-state index contributed by atoms with van der Waals surface area (Å²) in [4.78, 5) is 8.29. The summed E-state index contributed by atoms with van der Waals surface area (Å²) in [5.41, 5.74) is 1.99. The zero-order chi connectivity index (χ0) is 10.5. The highest BCUT2D eigenvalue weighted by Crippen LogP contribution is 2.16. The van der Waals surface area contributed by atoms with E-state index in [-0.39, 0.29) is 0 Å². The lowest BCUT2D eigenvalue weighted by molar-refractivity contribution is 1.32. The molecular formula is C12H9BrN2. The van der Waals surface area contributed by atoms with E-state index in [0.717, 1.165) is 15.7 Å². The molecule has 0 fully saturated rings. The molecule has 1 heterocycles. The number of aliphatic imine (C=N–C) groups is 1. The van der Waals surface area contributed by atoms with Crippen LogP contribution in [0.15, 0.2) is 58.3 Å². The lowest BCUT2D eigenvalue weighted by Gasteiger charge is -1.94. The van der Waals surface area contributed by atoms with Gasteiger partial charge < -0.3 is 0 Å². The Kier molecular flexibility index (Phi) is 3.25. The van der Waals surface area contributed by atoms with Gasteiger partial charge in [0.25, 0.3) is 0 Å². The van der Waals surface area contributed by atoms with Crippen LogP contribution in [0, 0.1) is 0 Å². The Labute approximate surface area is 96.8 Å². The van der Waals surface area contributed by atoms with Crippen molar-refractivity contribution in [2.75, 3.05) is 0 Å². The zero-order valence-electron chi connectivity index (χ0n) is 7.97. The third kappa shape index (κ3) is 2.99. The van der Waals surface area contributed by atoms with Gasteiger partial charge in [0.05, 0.1) is 5.69 Å². The van der Waals surface area contributed by atoms with Crippen molar-refractivity contribution in [1.29, 1.82) is 0 Å². The normalized spacial score (nSPS) is 10.7. The molecule has 2 aromatic rings. The second-order valence-electron chi connectivity index (χ2n) is 3.02. The van der Waals surface area contributed by atoms with E-state index >= 15 is 0 Å². The predicted octanol–water partition coefficient (Wildman–Crippen LogP) is 3.59. The highest BCUT2D eigenvalue weighted by molar-refractivity contribution is 9.10. The van der Waals surface area contributed by atoms with Crippen LogP contribution in [0.4, 0.5) is 5.69 Å². The molecule has 0 aliphatic rings. The number of hydrogen-bond donors (Lipinski definition) is 0. The molecule has 0 radical (unpaired) electrons. The van der Waals surface area contributed by atoms with Crippen LogP contribution < -0.4 is 0 Å². The first kappa shape index (κ1) is 10.1. The Bertz CT molecular complexity index is 449. The van der Waals surface area contributed by atoms with Crippen LogP contribution in [0.2, 0.25) is 0 Å². The van der Waals surface area contributed by atoms with Crippen LogP contribution in [-0.4, -0.2) is 11.2 Å². The molecule has 1 aromatic heterocycles. The maximum absolute atomic E-state index is 4.34.